The van der Waals surface area contributed by atoms with Gasteiger partial charge in [-0.25, -0.2) is 4.79 Å². The molecule has 34 heavy (non-hydrogen) atoms. The van der Waals surface area contributed by atoms with E-state index in [-0.39, 0.29) is 11.6 Å². The highest BCUT2D eigenvalue weighted by Gasteiger charge is 2.30. The summed E-state index contributed by atoms with van der Waals surface area (Å²) in [6, 6.07) is 14.6. The van der Waals surface area contributed by atoms with E-state index in [0.717, 1.165) is 17.8 Å². The molecule has 2 aromatic heterocycles. The lowest BCUT2D eigenvalue weighted by molar-refractivity contribution is -0.137. The summed E-state index contributed by atoms with van der Waals surface area (Å²) < 4.78 is 44.4. The van der Waals surface area contributed by atoms with Crippen molar-refractivity contribution in [2.24, 2.45) is 13.0 Å². The van der Waals surface area contributed by atoms with Crippen molar-refractivity contribution in [3.05, 3.63) is 87.0 Å². The number of anilines is 2. The Labute approximate surface area is 200 Å². The predicted octanol–water partition coefficient (Wildman–Crippen LogP) is 6.34. The molecule has 0 aliphatic heterocycles. The van der Waals surface area contributed by atoms with Crippen molar-refractivity contribution in [1.29, 1.82) is 0 Å². The van der Waals surface area contributed by atoms with E-state index in [0.29, 0.717) is 40.0 Å². The fourth-order valence-electron chi connectivity index (χ4n) is 3.95. The van der Waals surface area contributed by atoms with Gasteiger partial charge in [0.25, 0.3) is 0 Å². The lowest BCUT2D eigenvalue weighted by Crippen LogP contribution is -2.31. The van der Waals surface area contributed by atoms with Crippen LogP contribution in [0.3, 0.4) is 0 Å². The van der Waals surface area contributed by atoms with Crippen LogP contribution in [0.1, 0.15) is 25.0 Å². The molecule has 178 valence electrons. The highest BCUT2D eigenvalue weighted by molar-refractivity contribution is 7.71. The van der Waals surface area contributed by atoms with Gasteiger partial charge in [0.1, 0.15) is 10.5 Å². The summed E-state index contributed by atoms with van der Waals surface area (Å²) in [5.41, 5.74) is 1.31. The third-order valence-electron chi connectivity index (χ3n) is 5.60. The molecule has 0 atom stereocenters. The summed E-state index contributed by atoms with van der Waals surface area (Å²) in [6.45, 7) is 4.87. The van der Waals surface area contributed by atoms with Gasteiger partial charge < -0.3 is 9.88 Å². The summed E-state index contributed by atoms with van der Waals surface area (Å²) in [5.74, 6) is 0.903. The van der Waals surface area contributed by atoms with Crippen LogP contribution in [-0.2, 0) is 26.3 Å². The quantitative estimate of drug-likeness (QED) is 0.324. The Bertz CT molecular complexity index is 1430. The molecule has 4 rings (SSSR count). The maximum absolute atomic E-state index is 13.0. The zero-order valence-corrected chi connectivity index (χ0v) is 19.9. The van der Waals surface area contributed by atoms with Gasteiger partial charge in [0.2, 0.25) is 0 Å². The van der Waals surface area contributed by atoms with Crippen molar-refractivity contribution in [3.63, 3.8) is 0 Å². The highest BCUT2D eigenvalue weighted by Crippen LogP contribution is 2.32. The van der Waals surface area contributed by atoms with Gasteiger partial charge in [0, 0.05) is 32.0 Å². The molecule has 0 amide bonds. The van der Waals surface area contributed by atoms with Crippen LogP contribution in [0.4, 0.5) is 24.7 Å². The summed E-state index contributed by atoms with van der Waals surface area (Å²) in [6.07, 6.45) is -2.54. The molecule has 0 aliphatic carbocycles. The standard InChI is InChI=1S/C25H25F3N4OS/c1-16(2)13-32-20-15-31(14-17-9-11-18(12-10-17)25(26,27)28)22(29-19-7-5-4-6-8-19)21(20)23(34)30(3)24(32)33/h4-12,15-16,29H,13-14H2,1-3H3. The number of nitrogens with one attached hydrogen (secondary N) is 1. The number of hydrogen-bond acceptors (Lipinski definition) is 3. The molecular weight excluding hydrogens is 461 g/mol. The predicted molar refractivity (Wildman–Crippen MR) is 131 cm³/mol. The number of para-hydroxylation sites is 1. The zero-order valence-electron chi connectivity index (χ0n) is 19.1. The summed E-state index contributed by atoms with van der Waals surface area (Å²) >= 11 is 5.67. The van der Waals surface area contributed by atoms with Crippen molar-refractivity contribution in [2.45, 2.75) is 33.1 Å². The first kappa shape index (κ1) is 23.8. The number of alkyl halides is 3. The van der Waals surface area contributed by atoms with Crippen LogP contribution < -0.4 is 11.0 Å². The molecule has 0 fully saturated rings. The van der Waals surface area contributed by atoms with Crippen LogP contribution in [-0.4, -0.2) is 13.7 Å². The first-order valence-corrected chi connectivity index (χ1v) is 11.3. The highest BCUT2D eigenvalue weighted by atomic mass is 32.1. The maximum Gasteiger partial charge on any atom is 0.416 e. The monoisotopic (exact) mass is 486 g/mol. The van der Waals surface area contributed by atoms with Gasteiger partial charge in [-0.2, -0.15) is 13.2 Å². The Morgan fingerprint density at radius 1 is 1.03 bits per heavy atom. The van der Waals surface area contributed by atoms with Crippen LogP contribution in [0.5, 0.6) is 0 Å². The molecule has 9 heteroatoms. The molecule has 0 bridgehead atoms. The second-order valence-electron chi connectivity index (χ2n) is 8.70. The van der Waals surface area contributed by atoms with E-state index in [1.807, 2.05) is 54.9 Å². The Balaban J connectivity index is 1.91. The number of hydrogen-bond donors (Lipinski definition) is 1. The van der Waals surface area contributed by atoms with Gasteiger partial charge in [-0.15, -0.1) is 0 Å². The van der Waals surface area contributed by atoms with Gasteiger partial charge in [-0.3, -0.25) is 9.13 Å². The number of nitrogens with zero attached hydrogens (tertiary/aromatic N) is 3. The third-order valence-corrected chi connectivity index (χ3v) is 6.08. The van der Waals surface area contributed by atoms with Gasteiger partial charge in [0.15, 0.2) is 0 Å². The van der Waals surface area contributed by atoms with Crippen molar-refractivity contribution < 1.29 is 13.2 Å². The number of halogens is 3. The van der Waals surface area contributed by atoms with Gasteiger partial charge >= 0.3 is 11.9 Å². The van der Waals surface area contributed by atoms with E-state index in [9.17, 15) is 18.0 Å². The van der Waals surface area contributed by atoms with Gasteiger partial charge in [0.05, 0.1) is 16.5 Å². The number of rotatable bonds is 6. The number of aromatic nitrogens is 3. The van der Waals surface area contributed by atoms with Gasteiger partial charge in [-0.1, -0.05) is 56.4 Å². The summed E-state index contributed by atoms with van der Waals surface area (Å²) in [7, 11) is 1.65. The average Bonchev–Trinajstić information content (AvgIpc) is 3.13. The fourth-order valence-corrected chi connectivity index (χ4v) is 4.23. The maximum atomic E-state index is 13.0. The van der Waals surface area contributed by atoms with E-state index >= 15 is 0 Å². The minimum Gasteiger partial charge on any atom is -0.341 e. The van der Waals surface area contributed by atoms with Crippen molar-refractivity contribution in [1.82, 2.24) is 13.7 Å². The lowest BCUT2D eigenvalue weighted by Gasteiger charge is -2.14. The molecule has 0 spiro atoms. The zero-order chi connectivity index (χ0) is 24.6. The molecule has 0 saturated carbocycles. The van der Waals surface area contributed by atoms with Crippen molar-refractivity contribution >= 4 is 34.6 Å². The first-order valence-electron chi connectivity index (χ1n) is 10.9. The van der Waals surface area contributed by atoms with Crippen molar-refractivity contribution in [2.75, 3.05) is 5.32 Å². The Kier molecular flexibility index (Phi) is 6.40. The molecule has 2 heterocycles. The van der Waals surface area contributed by atoms with Crippen LogP contribution in [0.15, 0.2) is 65.6 Å². The van der Waals surface area contributed by atoms with Gasteiger partial charge in [-0.05, 0) is 35.7 Å². The Morgan fingerprint density at radius 2 is 1.68 bits per heavy atom. The molecule has 5 nitrogen and oxygen atoms in total. The SMILES string of the molecule is CC(C)Cn1c(=O)n(C)c(=S)c2c(Nc3ccccc3)n(Cc3ccc(C(F)(F)F)cc3)cc21. The van der Waals surface area contributed by atoms with E-state index in [4.69, 9.17) is 12.2 Å². The van der Waals surface area contributed by atoms with E-state index in [1.54, 1.807) is 11.6 Å². The average molecular weight is 487 g/mol. The van der Waals surface area contributed by atoms with Crippen LogP contribution >= 0.6 is 12.2 Å². The molecule has 2 aromatic carbocycles. The molecule has 0 radical (unpaired) electrons. The first-order chi connectivity index (χ1) is 16.1. The summed E-state index contributed by atoms with van der Waals surface area (Å²) in [5, 5.41) is 4.12. The largest absolute Gasteiger partial charge is 0.416 e. The molecule has 0 unspecified atom stereocenters. The molecule has 0 aliphatic rings. The van der Waals surface area contributed by atoms with E-state index in [1.165, 1.54) is 16.7 Å². The Hall–Kier alpha value is -3.33. The summed E-state index contributed by atoms with van der Waals surface area (Å²) in [4.78, 5) is 13.0. The minimum atomic E-state index is -4.39. The van der Waals surface area contributed by atoms with Crippen molar-refractivity contribution in [3.8, 4) is 0 Å². The normalized spacial score (nSPS) is 12.0. The number of fused-ring (bicyclic) bond motifs is 1. The molecule has 4 aromatic rings. The number of benzene rings is 2. The topological polar surface area (TPSA) is 43.9 Å². The minimum absolute atomic E-state index is 0.204. The van der Waals surface area contributed by atoms with E-state index in [2.05, 4.69) is 5.32 Å². The second-order valence-corrected chi connectivity index (χ2v) is 9.09. The van der Waals surface area contributed by atoms with Crippen LogP contribution in [0.2, 0.25) is 0 Å². The van der Waals surface area contributed by atoms with Crippen LogP contribution in [0.25, 0.3) is 10.9 Å². The van der Waals surface area contributed by atoms with Crippen LogP contribution in [0, 0.1) is 10.6 Å². The molecule has 1 N–H and O–H groups in total. The smallest absolute Gasteiger partial charge is 0.341 e. The molecule has 0 saturated heterocycles. The second kappa shape index (κ2) is 9.13. The third kappa shape index (κ3) is 4.65. The lowest BCUT2D eigenvalue weighted by atomic mass is 10.1. The Morgan fingerprint density at radius 3 is 2.26 bits per heavy atom. The van der Waals surface area contributed by atoms with E-state index < -0.39 is 11.7 Å². The fraction of sp³-hybridized carbons (Fsp3) is 0.280. The molecular formula is C25H25F3N4OS.